The van der Waals surface area contributed by atoms with E-state index >= 15 is 0 Å². The van der Waals surface area contributed by atoms with Crippen LogP contribution in [0, 0.1) is 0 Å². The van der Waals surface area contributed by atoms with Crippen molar-refractivity contribution in [2.24, 2.45) is 0 Å². The molecule has 1 N–H and O–H groups in total. The normalized spacial score (nSPS) is 14.0. The maximum Gasteiger partial charge on any atom is 0.274 e. The molecule has 0 atom stereocenters. The van der Waals surface area contributed by atoms with Crippen molar-refractivity contribution < 1.29 is 14.3 Å². The minimum Gasteiger partial charge on any atom is -0.494 e. The summed E-state index contributed by atoms with van der Waals surface area (Å²) < 4.78 is 5.41. The molecule has 8 nitrogen and oxygen atoms in total. The van der Waals surface area contributed by atoms with Gasteiger partial charge in [-0.1, -0.05) is 0 Å². The molecule has 1 fully saturated rings. The topological polar surface area (TPSA) is 87.7 Å². The van der Waals surface area contributed by atoms with Crippen molar-refractivity contribution in [3.8, 4) is 5.75 Å². The number of anilines is 2. The van der Waals surface area contributed by atoms with Gasteiger partial charge < -0.3 is 19.9 Å². The van der Waals surface area contributed by atoms with Crippen LogP contribution < -0.4 is 10.1 Å². The minimum absolute atomic E-state index is 0.0339. The number of carbonyl (C=O) groups excluding carboxylic acids is 2. The molecule has 0 spiro atoms. The highest BCUT2D eigenvalue weighted by Gasteiger charge is 2.24. The Morgan fingerprint density at radius 1 is 1.00 bits per heavy atom. The van der Waals surface area contributed by atoms with Crippen molar-refractivity contribution in [1.29, 1.82) is 0 Å². The standard InChI is InChI=1S/C19H23N5O3/c1-3-27-16-6-4-15(5-7-16)20-18-9-8-17(21-22-18)19(26)24-12-10-23(11-13-24)14(2)25/h4-9H,3,10-13H2,1-2H3,(H,20,22). The first kappa shape index (κ1) is 18.6. The van der Waals surface area contributed by atoms with E-state index in [4.69, 9.17) is 4.74 Å². The second-order valence-electron chi connectivity index (χ2n) is 6.18. The zero-order valence-corrected chi connectivity index (χ0v) is 15.5. The zero-order chi connectivity index (χ0) is 19.2. The van der Waals surface area contributed by atoms with E-state index in [1.807, 2.05) is 31.2 Å². The van der Waals surface area contributed by atoms with E-state index in [0.29, 0.717) is 44.3 Å². The van der Waals surface area contributed by atoms with Gasteiger partial charge in [0.2, 0.25) is 5.91 Å². The van der Waals surface area contributed by atoms with Crippen molar-refractivity contribution >= 4 is 23.3 Å². The van der Waals surface area contributed by atoms with Crippen molar-refractivity contribution in [3.63, 3.8) is 0 Å². The smallest absolute Gasteiger partial charge is 0.274 e. The van der Waals surface area contributed by atoms with Crippen LogP contribution in [-0.2, 0) is 4.79 Å². The van der Waals surface area contributed by atoms with E-state index in [-0.39, 0.29) is 11.8 Å². The fraction of sp³-hybridized carbons (Fsp3) is 0.368. The number of hydrogen-bond donors (Lipinski definition) is 1. The number of amides is 2. The van der Waals surface area contributed by atoms with Gasteiger partial charge in [-0.25, -0.2) is 0 Å². The Balaban J connectivity index is 1.58. The number of nitrogens with one attached hydrogen (secondary N) is 1. The predicted octanol–water partition coefficient (Wildman–Crippen LogP) is 1.92. The molecule has 0 radical (unpaired) electrons. The van der Waals surface area contributed by atoms with E-state index in [2.05, 4.69) is 15.5 Å². The van der Waals surface area contributed by atoms with E-state index < -0.39 is 0 Å². The molecule has 1 aliphatic heterocycles. The Hall–Kier alpha value is -3.16. The summed E-state index contributed by atoms with van der Waals surface area (Å²) in [7, 11) is 0. The lowest BCUT2D eigenvalue weighted by molar-refractivity contribution is -0.130. The highest BCUT2D eigenvalue weighted by atomic mass is 16.5. The number of carbonyl (C=O) groups is 2. The molecule has 0 saturated carbocycles. The molecule has 8 heteroatoms. The second-order valence-corrected chi connectivity index (χ2v) is 6.18. The molecule has 0 bridgehead atoms. The molecule has 0 unspecified atom stereocenters. The number of ether oxygens (including phenoxy) is 1. The molecular weight excluding hydrogens is 346 g/mol. The number of piperazine rings is 1. The van der Waals surface area contributed by atoms with Crippen LogP contribution in [0.3, 0.4) is 0 Å². The lowest BCUT2D eigenvalue weighted by atomic mass is 10.2. The van der Waals surface area contributed by atoms with E-state index in [1.165, 1.54) is 0 Å². The molecule has 142 valence electrons. The molecule has 1 aromatic heterocycles. The van der Waals surface area contributed by atoms with Crippen LogP contribution in [-0.4, -0.2) is 64.6 Å². The van der Waals surface area contributed by atoms with Gasteiger partial charge in [-0.05, 0) is 43.3 Å². The summed E-state index contributed by atoms with van der Waals surface area (Å²) in [6, 6.07) is 10.9. The molecule has 1 saturated heterocycles. The van der Waals surface area contributed by atoms with Crippen molar-refractivity contribution in [2.75, 3.05) is 38.1 Å². The van der Waals surface area contributed by atoms with Gasteiger partial charge in [0.1, 0.15) is 5.75 Å². The maximum atomic E-state index is 12.5. The highest BCUT2D eigenvalue weighted by molar-refractivity contribution is 5.92. The Kier molecular flexibility index (Phi) is 5.85. The van der Waals surface area contributed by atoms with Crippen LogP contribution in [0.2, 0.25) is 0 Å². The molecule has 1 aliphatic rings. The third-order valence-electron chi connectivity index (χ3n) is 4.33. The first-order valence-corrected chi connectivity index (χ1v) is 8.95. The third kappa shape index (κ3) is 4.72. The molecule has 2 aromatic rings. The molecule has 2 heterocycles. The van der Waals surface area contributed by atoms with Gasteiger partial charge in [0.25, 0.3) is 5.91 Å². The van der Waals surface area contributed by atoms with Gasteiger partial charge in [0.05, 0.1) is 6.61 Å². The number of aromatic nitrogens is 2. The van der Waals surface area contributed by atoms with Crippen LogP contribution in [0.1, 0.15) is 24.3 Å². The van der Waals surface area contributed by atoms with Crippen LogP contribution >= 0.6 is 0 Å². The summed E-state index contributed by atoms with van der Waals surface area (Å²) in [4.78, 5) is 27.3. The predicted molar refractivity (Wildman–Crippen MR) is 101 cm³/mol. The summed E-state index contributed by atoms with van der Waals surface area (Å²) in [5.74, 6) is 1.22. The molecule has 3 rings (SSSR count). The van der Waals surface area contributed by atoms with Crippen LogP contribution in [0.15, 0.2) is 36.4 Å². The third-order valence-corrected chi connectivity index (χ3v) is 4.33. The first-order valence-electron chi connectivity index (χ1n) is 8.95. The molecule has 2 amide bonds. The van der Waals surface area contributed by atoms with Gasteiger partial charge in [-0.3, -0.25) is 9.59 Å². The summed E-state index contributed by atoms with van der Waals surface area (Å²) in [6.07, 6.45) is 0. The number of hydrogen-bond acceptors (Lipinski definition) is 6. The van der Waals surface area contributed by atoms with Crippen LogP contribution in [0.25, 0.3) is 0 Å². The van der Waals surface area contributed by atoms with Crippen molar-refractivity contribution in [3.05, 3.63) is 42.1 Å². The minimum atomic E-state index is -0.168. The van der Waals surface area contributed by atoms with Crippen LogP contribution in [0.5, 0.6) is 5.75 Å². The van der Waals surface area contributed by atoms with Crippen molar-refractivity contribution in [2.45, 2.75) is 13.8 Å². The quantitative estimate of drug-likeness (QED) is 0.866. The summed E-state index contributed by atoms with van der Waals surface area (Å²) in [5.41, 5.74) is 1.15. The van der Waals surface area contributed by atoms with Gasteiger partial charge in [-0.15, -0.1) is 10.2 Å². The SMILES string of the molecule is CCOc1ccc(Nc2ccc(C(=O)N3CCN(C(C)=O)CC3)nn2)cc1. The number of benzene rings is 1. The largest absolute Gasteiger partial charge is 0.494 e. The Morgan fingerprint density at radius 2 is 1.67 bits per heavy atom. The average molecular weight is 369 g/mol. The first-order chi connectivity index (χ1) is 13.1. The number of nitrogens with zero attached hydrogens (tertiary/aromatic N) is 4. The van der Waals surface area contributed by atoms with Crippen LogP contribution in [0.4, 0.5) is 11.5 Å². The fourth-order valence-corrected chi connectivity index (χ4v) is 2.85. The monoisotopic (exact) mass is 369 g/mol. The summed E-state index contributed by atoms with van der Waals surface area (Å²) in [5, 5.41) is 11.3. The molecule has 27 heavy (non-hydrogen) atoms. The second kappa shape index (κ2) is 8.48. The molecule has 1 aromatic carbocycles. The Bertz CT molecular complexity index is 784. The van der Waals surface area contributed by atoms with E-state index in [1.54, 1.807) is 28.9 Å². The average Bonchev–Trinajstić information content (AvgIpc) is 2.70. The number of rotatable bonds is 5. The zero-order valence-electron chi connectivity index (χ0n) is 15.5. The van der Waals surface area contributed by atoms with Gasteiger partial charge in [-0.2, -0.15) is 0 Å². The molecule has 0 aliphatic carbocycles. The van der Waals surface area contributed by atoms with Gasteiger partial charge in [0.15, 0.2) is 11.5 Å². The Morgan fingerprint density at radius 3 is 2.22 bits per heavy atom. The lowest BCUT2D eigenvalue weighted by Gasteiger charge is -2.33. The summed E-state index contributed by atoms with van der Waals surface area (Å²) in [6.45, 7) is 6.21. The van der Waals surface area contributed by atoms with E-state index in [0.717, 1.165) is 11.4 Å². The van der Waals surface area contributed by atoms with Gasteiger partial charge >= 0.3 is 0 Å². The Labute approximate surface area is 158 Å². The van der Waals surface area contributed by atoms with Crippen molar-refractivity contribution in [1.82, 2.24) is 20.0 Å². The lowest BCUT2D eigenvalue weighted by Crippen LogP contribution is -2.50. The van der Waals surface area contributed by atoms with E-state index in [9.17, 15) is 9.59 Å². The summed E-state index contributed by atoms with van der Waals surface area (Å²) >= 11 is 0. The van der Waals surface area contributed by atoms with Gasteiger partial charge in [0, 0.05) is 38.8 Å². The molecular formula is C19H23N5O3. The fourth-order valence-electron chi connectivity index (χ4n) is 2.85. The highest BCUT2D eigenvalue weighted by Crippen LogP contribution is 2.19. The maximum absolute atomic E-state index is 12.5.